The van der Waals surface area contributed by atoms with E-state index < -0.39 is 4.92 Å². The van der Waals surface area contributed by atoms with Gasteiger partial charge in [-0.05, 0) is 18.6 Å². The third-order valence-corrected chi connectivity index (χ3v) is 2.97. The molecule has 0 saturated carbocycles. The Kier molecular flexibility index (Phi) is 5.58. The van der Waals surface area contributed by atoms with E-state index in [1.54, 1.807) is 12.1 Å². The summed E-state index contributed by atoms with van der Waals surface area (Å²) in [4.78, 5) is 12.3. The van der Waals surface area contributed by atoms with Gasteiger partial charge in [-0.25, -0.2) is 0 Å². The molecule has 0 heterocycles. The van der Waals surface area contributed by atoms with Crippen molar-refractivity contribution in [2.75, 3.05) is 18.5 Å². The normalized spacial score (nSPS) is 10.4. The number of aliphatic hydroxyl groups excluding tert-OH is 1. The van der Waals surface area contributed by atoms with Crippen LogP contribution in [0.3, 0.4) is 0 Å². The van der Waals surface area contributed by atoms with E-state index in [0.717, 1.165) is 25.1 Å². The van der Waals surface area contributed by atoms with Crippen molar-refractivity contribution in [1.82, 2.24) is 0 Å². The second kappa shape index (κ2) is 6.96. The number of hydrogen-bond donors (Lipinski definition) is 1. The summed E-state index contributed by atoms with van der Waals surface area (Å²) in [7, 11) is 1.96. The van der Waals surface area contributed by atoms with E-state index in [9.17, 15) is 10.1 Å². The number of hydrogen-bond acceptors (Lipinski definition) is 4. The summed E-state index contributed by atoms with van der Waals surface area (Å²) in [6.07, 6.45) is 3.43. The summed E-state index contributed by atoms with van der Waals surface area (Å²) in [5, 5.41) is 19.9. The quantitative estimate of drug-likeness (QED) is 0.460. The zero-order valence-electron chi connectivity index (χ0n) is 10.9. The first-order valence-electron chi connectivity index (χ1n) is 6.19. The Morgan fingerprint density at radius 2 is 2.11 bits per heavy atom. The number of nitro benzene ring substituents is 1. The fourth-order valence-electron chi connectivity index (χ4n) is 1.84. The molecular formula is C13H20N2O3. The highest BCUT2D eigenvalue weighted by Gasteiger charge is 2.14. The van der Waals surface area contributed by atoms with E-state index >= 15 is 0 Å². The van der Waals surface area contributed by atoms with E-state index in [4.69, 9.17) is 5.11 Å². The zero-order valence-corrected chi connectivity index (χ0v) is 10.9. The molecule has 1 aromatic rings. The lowest BCUT2D eigenvalue weighted by Crippen LogP contribution is -2.18. The first-order valence-corrected chi connectivity index (χ1v) is 6.19. The molecule has 5 nitrogen and oxygen atoms in total. The topological polar surface area (TPSA) is 66.6 Å². The van der Waals surface area contributed by atoms with Crippen molar-refractivity contribution in [3.63, 3.8) is 0 Å². The van der Waals surface area contributed by atoms with E-state index in [2.05, 4.69) is 11.8 Å². The van der Waals surface area contributed by atoms with Crippen molar-refractivity contribution >= 4 is 11.4 Å². The van der Waals surface area contributed by atoms with Crippen molar-refractivity contribution in [2.45, 2.75) is 32.8 Å². The largest absolute Gasteiger partial charge is 0.391 e. The lowest BCUT2D eigenvalue weighted by Gasteiger charge is -2.19. The van der Waals surface area contributed by atoms with Crippen LogP contribution in [0.4, 0.5) is 11.4 Å². The molecule has 5 heteroatoms. The molecule has 0 atom stereocenters. The number of rotatable bonds is 7. The number of aliphatic hydroxyl groups is 1. The summed E-state index contributed by atoms with van der Waals surface area (Å²) < 4.78 is 0. The molecule has 1 rings (SSSR count). The van der Waals surface area contributed by atoms with Gasteiger partial charge in [-0.15, -0.1) is 0 Å². The molecule has 0 radical (unpaired) electrons. The Balaban J connectivity index is 2.81. The van der Waals surface area contributed by atoms with Crippen LogP contribution in [0.15, 0.2) is 18.2 Å². The SMILES string of the molecule is CCCCCN(C)c1ccc([N+](=O)[O-])c(CO)c1. The maximum Gasteiger partial charge on any atom is 0.275 e. The molecule has 0 bridgehead atoms. The number of benzene rings is 1. The van der Waals surface area contributed by atoms with E-state index in [1.165, 1.54) is 12.5 Å². The molecular weight excluding hydrogens is 232 g/mol. The van der Waals surface area contributed by atoms with E-state index in [1.807, 2.05) is 7.05 Å². The van der Waals surface area contributed by atoms with Gasteiger partial charge in [-0.3, -0.25) is 10.1 Å². The van der Waals surface area contributed by atoms with Crippen molar-refractivity contribution < 1.29 is 10.0 Å². The molecule has 0 spiro atoms. The number of anilines is 1. The average Bonchev–Trinajstić information content (AvgIpc) is 2.37. The van der Waals surface area contributed by atoms with Gasteiger partial charge in [-0.1, -0.05) is 19.8 Å². The Bertz CT molecular complexity index is 407. The summed E-state index contributed by atoms with van der Waals surface area (Å²) in [6.45, 7) is 2.75. The van der Waals surface area contributed by atoms with Crippen molar-refractivity contribution in [3.05, 3.63) is 33.9 Å². The third-order valence-electron chi connectivity index (χ3n) is 2.97. The number of nitro groups is 1. The Hall–Kier alpha value is -1.62. The molecule has 100 valence electrons. The molecule has 0 aliphatic heterocycles. The van der Waals surface area contributed by atoms with Crippen LogP contribution in [0.2, 0.25) is 0 Å². The van der Waals surface area contributed by atoms with Crippen LogP contribution in [0.1, 0.15) is 31.7 Å². The Morgan fingerprint density at radius 1 is 1.39 bits per heavy atom. The van der Waals surface area contributed by atoms with Gasteiger partial charge in [0.05, 0.1) is 17.1 Å². The Labute approximate surface area is 107 Å². The molecule has 0 saturated heterocycles. The third kappa shape index (κ3) is 3.70. The minimum atomic E-state index is -0.466. The molecule has 0 aromatic heterocycles. The molecule has 0 aliphatic carbocycles. The second-order valence-electron chi connectivity index (χ2n) is 4.36. The minimum Gasteiger partial charge on any atom is -0.391 e. The van der Waals surface area contributed by atoms with Gasteiger partial charge >= 0.3 is 0 Å². The summed E-state index contributed by atoms with van der Waals surface area (Å²) >= 11 is 0. The highest BCUT2D eigenvalue weighted by atomic mass is 16.6. The van der Waals surface area contributed by atoms with Crippen LogP contribution >= 0.6 is 0 Å². The van der Waals surface area contributed by atoms with Crippen LogP contribution < -0.4 is 4.90 Å². The van der Waals surface area contributed by atoms with Crippen LogP contribution in [0, 0.1) is 10.1 Å². The molecule has 0 unspecified atom stereocenters. The monoisotopic (exact) mass is 252 g/mol. The van der Waals surface area contributed by atoms with Crippen LogP contribution in [0.25, 0.3) is 0 Å². The van der Waals surface area contributed by atoms with Gasteiger partial charge in [0.25, 0.3) is 5.69 Å². The smallest absolute Gasteiger partial charge is 0.275 e. The Morgan fingerprint density at radius 3 is 2.67 bits per heavy atom. The van der Waals surface area contributed by atoms with Gasteiger partial charge in [0.1, 0.15) is 0 Å². The zero-order chi connectivity index (χ0) is 13.5. The van der Waals surface area contributed by atoms with Crippen molar-refractivity contribution in [3.8, 4) is 0 Å². The lowest BCUT2D eigenvalue weighted by atomic mass is 10.1. The standard InChI is InChI=1S/C13H20N2O3/c1-3-4-5-8-14(2)12-6-7-13(15(17)18)11(9-12)10-16/h6-7,9,16H,3-5,8,10H2,1-2H3. The predicted octanol–water partition coefficient (Wildman–Crippen LogP) is 2.71. The van der Waals surface area contributed by atoms with Crippen LogP contribution in [0.5, 0.6) is 0 Å². The minimum absolute atomic E-state index is 0.0248. The molecule has 0 aliphatic rings. The molecule has 1 N–H and O–H groups in total. The summed E-state index contributed by atoms with van der Waals surface area (Å²) in [5.74, 6) is 0. The first-order chi connectivity index (χ1) is 8.60. The lowest BCUT2D eigenvalue weighted by molar-refractivity contribution is -0.385. The second-order valence-corrected chi connectivity index (χ2v) is 4.36. The summed E-state index contributed by atoms with van der Waals surface area (Å²) in [5.41, 5.74) is 1.24. The van der Waals surface area contributed by atoms with Crippen LogP contribution in [-0.2, 0) is 6.61 Å². The van der Waals surface area contributed by atoms with E-state index in [0.29, 0.717) is 5.56 Å². The molecule has 18 heavy (non-hydrogen) atoms. The fraction of sp³-hybridized carbons (Fsp3) is 0.538. The van der Waals surface area contributed by atoms with Crippen molar-refractivity contribution in [1.29, 1.82) is 0 Å². The first kappa shape index (κ1) is 14.4. The van der Waals surface area contributed by atoms with Gasteiger partial charge in [0.2, 0.25) is 0 Å². The predicted molar refractivity (Wildman–Crippen MR) is 71.8 cm³/mol. The molecule has 0 fully saturated rings. The van der Waals surface area contributed by atoms with Gasteiger partial charge in [-0.2, -0.15) is 0 Å². The highest BCUT2D eigenvalue weighted by molar-refractivity contribution is 5.55. The van der Waals surface area contributed by atoms with Gasteiger partial charge in [0.15, 0.2) is 0 Å². The highest BCUT2D eigenvalue weighted by Crippen LogP contribution is 2.24. The maximum absolute atomic E-state index is 10.8. The van der Waals surface area contributed by atoms with Gasteiger partial charge < -0.3 is 10.0 Å². The number of nitrogens with zero attached hydrogens (tertiary/aromatic N) is 2. The number of unbranched alkanes of at least 4 members (excludes halogenated alkanes) is 2. The average molecular weight is 252 g/mol. The summed E-state index contributed by atoms with van der Waals surface area (Å²) in [6, 6.07) is 4.87. The van der Waals surface area contributed by atoms with Crippen LogP contribution in [-0.4, -0.2) is 23.6 Å². The van der Waals surface area contributed by atoms with Gasteiger partial charge in [0, 0.05) is 25.3 Å². The molecule has 1 aromatic carbocycles. The fourth-order valence-corrected chi connectivity index (χ4v) is 1.84. The maximum atomic E-state index is 10.8. The molecule has 0 amide bonds. The van der Waals surface area contributed by atoms with E-state index in [-0.39, 0.29) is 12.3 Å². The van der Waals surface area contributed by atoms with Crippen molar-refractivity contribution in [2.24, 2.45) is 0 Å².